The van der Waals surface area contributed by atoms with E-state index in [0.717, 1.165) is 28.7 Å². The first-order chi connectivity index (χ1) is 11.3. The minimum atomic E-state index is -0.0101. The fourth-order valence-corrected chi connectivity index (χ4v) is 3.34. The fourth-order valence-electron chi connectivity index (χ4n) is 3.34. The molecule has 1 atom stereocenters. The first kappa shape index (κ1) is 13.8. The van der Waals surface area contributed by atoms with Gasteiger partial charge in [-0.25, -0.2) is 0 Å². The third-order valence-corrected chi connectivity index (χ3v) is 4.44. The average Bonchev–Trinajstić information content (AvgIpc) is 2.62. The van der Waals surface area contributed by atoms with Crippen LogP contribution in [0, 0.1) is 0 Å². The Bertz CT molecular complexity index is 907. The SMILES string of the molecule is O=c1[nH]ccc2c1C(c1ccccc1)=CC(c1ccccc1)C2. The number of aromatic nitrogens is 1. The van der Waals surface area contributed by atoms with Crippen molar-refractivity contribution >= 4 is 5.57 Å². The lowest BCUT2D eigenvalue weighted by molar-refractivity contribution is 0.816. The smallest absolute Gasteiger partial charge is 0.256 e. The Morgan fingerprint density at radius 3 is 2.30 bits per heavy atom. The van der Waals surface area contributed by atoms with Gasteiger partial charge in [0.1, 0.15) is 0 Å². The molecule has 1 unspecified atom stereocenters. The van der Waals surface area contributed by atoms with Crippen LogP contribution in [0.4, 0.5) is 0 Å². The summed E-state index contributed by atoms with van der Waals surface area (Å²) in [5.74, 6) is 0.292. The lowest BCUT2D eigenvalue weighted by Crippen LogP contribution is -2.20. The molecule has 1 N–H and O–H groups in total. The Kier molecular flexibility index (Phi) is 3.43. The number of aromatic amines is 1. The van der Waals surface area contributed by atoms with E-state index in [0.29, 0.717) is 5.92 Å². The summed E-state index contributed by atoms with van der Waals surface area (Å²) in [4.78, 5) is 15.2. The van der Waals surface area contributed by atoms with Crippen molar-refractivity contribution < 1.29 is 0 Å². The lowest BCUT2D eigenvalue weighted by atomic mass is 9.80. The highest BCUT2D eigenvalue weighted by atomic mass is 16.1. The summed E-state index contributed by atoms with van der Waals surface area (Å²) in [5, 5.41) is 0. The maximum absolute atomic E-state index is 12.4. The van der Waals surface area contributed by atoms with Crippen LogP contribution >= 0.6 is 0 Å². The quantitative estimate of drug-likeness (QED) is 0.757. The number of H-pyrrole nitrogens is 1. The van der Waals surface area contributed by atoms with Crippen LogP contribution in [-0.4, -0.2) is 4.98 Å². The van der Waals surface area contributed by atoms with Gasteiger partial charge in [0.2, 0.25) is 0 Å². The average molecular weight is 299 g/mol. The summed E-state index contributed by atoms with van der Waals surface area (Å²) >= 11 is 0. The molecule has 2 aromatic carbocycles. The molecule has 1 heterocycles. The molecule has 0 fully saturated rings. The molecule has 2 heteroatoms. The minimum Gasteiger partial charge on any atom is -0.329 e. The number of allylic oxidation sites excluding steroid dienone is 1. The van der Waals surface area contributed by atoms with E-state index in [1.165, 1.54) is 5.56 Å². The number of fused-ring (bicyclic) bond motifs is 1. The van der Waals surface area contributed by atoms with E-state index in [1.807, 2.05) is 30.3 Å². The predicted octanol–water partition coefficient (Wildman–Crippen LogP) is 4.15. The highest BCUT2D eigenvalue weighted by Gasteiger charge is 2.23. The zero-order valence-electron chi connectivity index (χ0n) is 12.7. The Morgan fingerprint density at radius 2 is 1.57 bits per heavy atom. The van der Waals surface area contributed by atoms with E-state index >= 15 is 0 Å². The van der Waals surface area contributed by atoms with Gasteiger partial charge in [0.05, 0.1) is 5.56 Å². The molecule has 23 heavy (non-hydrogen) atoms. The summed E-state index contributed by atoms with van der Waals surface area (Å²) in [7, 11) is 0. The molecule has 0 amide bonds. The molecular formula is C21H17NO. The van der Waals surface area contributed by atoms with Crippen molar-refractivity contribution in [1.82, 2.24) is 4.98 Å². The minimum absolute atomic E-state index is 0.0101. The normalized spacial score (nSPS) is 16.5. The molecule has 2 nitrogen and oxygen atoms in total. The van der Waals surface area contributed by atoms with Crippen molar-refractivity contribution in [3.05, 3.63) is 112 Å². The van der Waals surface area contributed by atoms with Crippen molar-refractivity contribution in [2.24, 2.45) is 0 Å². The van der Waals surface area contributed by atoms with E-state index in [9.17, 15) is 4.79 Å². The molecule has 1 aliphatic carbocycles. The second kappa shape index (κ2) is 5.73. The molecular weight excluding hydrogens is 282 g/mol. The van der Waals surface area contributed by atoms with E-state index in [4.69, 9.17) is 0 Å². The van der Waals surface area contributed by atoms with Crippen LogP contribution < -0.4 is 5.56 Å². The molecule has 1 aliphatic rings. The highest BCUT2D eigenvalue weighted by molar-refractivity contribution is 5.83. The predicted molar refractivity (Wildman–Crippen MR) is 93.5 cm³/mol. The number of nitrogens with one attached hydrogen (secondary N) is 1. The number of hydrogen-bond acceptors (Lipinski definition) is 1. The zero-order valence-corrected chi connectivity index (χ0v) is 12.7. The van der Waals surface area contributed by atoms with Gasteiger partial charge in [-0.1, -0.05) is 66.7 Å². The van der Waals surface area contributed by atoms with Crippen molar-refractivity contribution in [2.45, 2.75) is 12.3 Å². The third-order valence-electron chi connectivity index (χ3n) is 4.44. The van der Waals surface area contributed by atoms with Gasteiger partial charge in [-0.05, 0) is 34.8 Å². The second-order valence-corrected chi connectivity index (χ2v) is 5.87. The van der Waals surface area contributed by atoms with Crippen molar-refractivity contribution in [1.29, 1.82) is 0 Å². The third kappa shape index (κ3) is 2.53. The zero-order chi connectivity index (χ0) is 15.6. The van der Waals surface area contributed by atoms with Gasteiger partial charge in [0, 0.05) is 12.1 Å². The molecule has 0 aliphatic heterocycles. The summed E-state index contributed by atoms with van der Waals surface area (Å²) in [6.45, 7) is 0. The van der Waals surface area contributed by atoms with Crippen LogP contribution in [0.2, 0.25) is 0 Å². The summed E-state index contributed by atoms with van der Waals surface area (Å²) < 4.78 is 0. The molecule has 3 aromatic rings. The van der Waals surface area contributed by atoms with Crippen LogP contribution in [-0.2, 0) is 6.42 Å². The van der Waals surface area contributed by atoms with Crippen molar-refractivity contribution in [2.75, 3.05) is 0 Å². The van der Waals surface area contributed by atoms with Gasteiger partial charge in [0.15, 0.2) is 0 Å². The topological polar surface area (TPSA) is 32.9 Å². The lowest BCUT2D eigenvalue weighted by Gasteiger charge is -2.24. The van der Waals surface area contributed by atoms with Gasteiger partial charge in [-0.15, -0.1) is 0 Å². The van der Waals surface area contributed by atoms with E-state index < -0.39 is 0 Å². The maximum atomic E-state index is 12.4. The van der Waals surface area contributed by atoms with Gasteiger partial charge < -0.3 is 4.98 Å². The Hall–Kier alpha value is -2.87. The number of rotatable bonds is 2. The number of pyridine rings is 1. The van der Waals surface area contributed by atoms with Gasteiger partial charge in [0.25, 0.3) is 5.56 Å². The van der Waals surface area contributed by atoms with E-state index in [-0.39, 0.29) is 5.56 Å². The molecule has 0 saturated carbocycles. The molecule has 4 rings (SSSR count). The van der Waals surface area contributed by atoms with Crippen LogP contribution in [0.5, 0.6) is 0 Å². The summed E-state index contributed by atoms with van der Waals surface area (Å²) in [5.41, 5.74) is 5.32. The summed E-state index contributed by atoms with van der Waals surface area (Å²) in [6.07, 6.45) is 4.85. The Labute approximate surface area is 135 Å². The largest absolute Gasteiger partial charge is 0.329 e. The highest BCUT2D eigenvalue weighted by Crippen LogP contribution is 2.35. The van der Waals surface area contributed by atoms with Crippen LogP contribution in [0.1, 0.15) is 28.2 Å². The van der Waals surface area contributed by atoms with E-state index in [2.05, 4.69) is 47.5 Å². The maximum Gasteiger partial charge on any atom is 0.256 e. The van der Waals surface area contributed by atoms with Crippen LogP contribution in [0.3, 0.4) is 0 Å². The van der Waals surface area contributed by atoms with Gasteiger partial charge in [-0.2, -0.15) is 0 Å². The molecule has 0 spiro atoms. The first-order valence-corrected chi connectivity index (χ1v) is 7.86. The van der Waals surface area contributed by atoms with Gasteiger partial charge >= 0.3 is 0 Å². The van der Waals surface area contributed by atoms with Crippen molar-refractivity contribution in [3.63, 3.8) is 0 Å². The van der Waals surface area contributed by atoms with Crippen molar-refractivity contribution in [3.8, 4) is 0 Å². The summed E-state index contributed by atoms with van der Waals surface area (Å²) in [6, 6.07) is 22.7. The molecule has 1 aromatic heterocycles. The Morgan fingerprint density at radius 1 is 0.870 bits per heavy atom. The van der Waals surface area contributed by atoms with E-state index in [1.54, 1.807) is 6.20 Å². The number of hydrogen-bond donors (Lipinski definition) is 1. The molecule has 0 saturated heterocycles. The molecule has 0 radical (unpaired) electrons. The molecule has 112 valence electrons. The van der Waals surface area contributed by atoms with Crippen LogP contribution in [0.15, 0.2) is 83.8 Å². The fraction of sp³-hybridized carbons (Fsp3) is 0.0952. The second-order valence-electron chi connectivity index (χ2n) is 5.87. The standard InChI is InChI=1S/C21H17NO/c23-21-20-17(11-12-22-21)13-18(15-7-3-1-4-8-15)14-19(20)16-9-5-2-6-10-16/h1-12,14,18H,13H2,(H,22,23). The first-order valence-electron chi connectivity index (χ1n) is 7.86. The van der Waals surface area contributed by atoms with Crippen LogP contribution in [0.25, 0.3) is 5.57 Å². The van der Waals surface area contributed by atoms with Gasteiger partial charge in [-0.3, -0.25) is 4.79 Å². The monoisotopic (exact) mass is 299 g/mol. The number of benzene rings is 2. The molecule has 0 bridgehead atoms. The Balaban J connectivity index is 1.91.